The molecule has 0 aliphatic carbocycles. The third-order valence-corrected chi connectivity index (χ3v) is 8.65. The highest BCUT2D eigenvalue weighted by Crippen LogP contribution is 2.43. The minimum absolute atomic E-state index is 0.0946. The van der Waals surface area contributed by atoms with Gasteiger partial charge in [-0.15, -0.1) is 0 Å². The molecule has 1 saturated heterocycles. The Kier molecular flexibility index (Phi) is 9.98. The van der Waals surface area contributed by atoms with Crippen LogP contribution >= 0.6 is 0 Å². The van der Waals surface area contributed by atoms with E-state index in [-0.39, 0.29) is 17.5 Å². The number of hydrogen-bond donors (Lipinski definition) is 2. The summed E-state index contributed by atoms with van der Waals surface area (Å²) < 4.78 is 59.9. The van der Waals surface area contributed by atoms with Gasteiger partial charge in [0.05, 0.1) is 44.2 Å². The third kappa shape index (κ3) is 8.00. The topological polar surface area (TPSA) is 59.9 Å². The molecule has 0 saturated carbocycles. The lowest BCUT2D eigenvalue weighted by Gasteiger charge is -2.51. The molecule has 4 heterocycles. The molecule has 10 heteroatoms. The standard InChI is InChI=1S/C34H43F3N4O3/c1-32(2,3)33-12-15-40(16-13-33)17-18-42-19-20-43-21-22-44-28-9-4-7-26(23-28)38-14-6-8-27-24-29-30(39-33)10-5-11-31(29)41(27)25-34(35,36)37/h4-5,7,9-11,23-24,38-39H,12-22,25H2,1-3H3. The smallest absolute Gasteiger partial charge is 0.406 e. The van der Waals surface area contributed by atoms with Crippen LogP contribution in [0.15, 0.2) is 48.5 Å². The molecular formula is C34H43F3N4O3. The maximum Gasteiger partial charge on any atom is 0.406 e. The largest absolute Gasteiger partial charge is 0.491 e. The van der Waals surface area contributed by atoms with Crippen LogP contribution in [0.3, 0.4) is 0 Å². The van der Waals surface area contributed by atoms with Crippen LogP contribution in [0.1, 0.15) is 39.3 Å². The average molecular weight is 613 g/mol. The van der Waals surface area contributed by atoms with E-state index in [2.05, 4.69) is 48.1 Å². The van der Waals surface area contributed by atoms with Crippen molar-refractivity contribution in [3.8, 4) is 17.6 Å². The number of benzene rings is 2. The first-order valence-corrected chi connectivity index (χ1v) is 15.3. The molecule has 6 bridgehead atoms. The van der Waals surface area contributed by atoms with E-state index in [0.717, 1.165) is 49.2 Å². The summed E-state index contributed by atoms with van der Waals surface area (Å²) in [6, 6.07) is 14.8. The van der Waals surface area contributed by atoms with Gasteiger partial charge in [0.1, 0.15) is 18.9 Å². The first-order valence-electron chi connectivity index (χ1n) is 15.3. The zero-order valence-corrected chi connectivity index (χ0v) is 25.9. The van der Waals surface area contributed by atoms with E-state index >= 15 is 0 Å². The van der Waals surface area contributed by atoms with E-state index in [0.29, 0.717) is 50.0 Å². The lowest BCUT2D eigenvalue weighted by Crippen LogP contribution is -2.57. The van der Waals surface area contributed by atoms with Gasteiger partial charge in [0, 0.05) is 48.0 Å². The molecule has 0 atom stereocenters. The third-order valence-electron chi connectivity index (χ3n) is 8.65. The number of nitrogens with one attached hydrogen (secondary N) is 2. The van der Waals surface area contributed by atoms with Gasteiger partial charge in [-0.05, 0) is 54.5 Å². The Morgan fingerprint density at radius 1 is 0.886 bits per heavy atom. The fraction of sp³-hybridized carbons (Fsp3) is 0.529. The van der Waals surface area contributed by atoms with Gasteiger partial charge in [-0.25, -0.2) is 0 Å². The van der Waals surface area contributed by atoms with Gasteiger partial charge in [0.25, 0.3) is 0 Å². The molecule has 1 fully saturated rings. The van der Waals surface area contributed by atoms with Gasteiger partial charge in [-0.2, -0.15) is 13.2 Å². The summed E-state index contributed by atoms with van der Waals surface area (Å²) in [7, 11) is 0. The maximum absolute atomic E-state index is 13.8. The quantitative estimate of drug-likeness (QED) is 0.246. The number of rotatable bonds is 1. The van der Waals surface area contributed by atoms with Gasteiger partial charge < -0.3 is 34.3 Å². The van der Waals surface area contributed by atoms with Crippen molar-refractivity contribution in [1.29, 1.82) is 0 Å². The highest BCUT2D eigenvalue weighted by molar-refractivity contribution is 5.94. The predicted molar refractivity (Wildman–Crippen MR) is 168 cm³/mol. The number of piperidine rings is 1. The van der Waals surface area contributed by atoms with E-state index in [1.165, 1.54) is 4.57 Å². The fourth-order valence-corrected chi connectivity index (χ4v) is 6.04. The van der Waals surface area contributed by atoms with Gasteiger partial charge in [0.15, 0.2) is 0 Å². The second-order valence-electron chi connectivity index (χ2n) is 12.5. The normalized spacial score (nSPS) is 22.5. The Labute approximate surface area is 258 Å². The first kappa shape index (κ1) is 32.0. The Morgan fingerprint density at radius 3 is 2.36 bits per heavy atom. The molecule has 6 rings (SSSR count). The number of alkyl halides is 3. The van der Waals surface area contributed by atoms with Gasteiger partial charge >= 0.3 is 6.18 Å². The van der Waals surface area contributed by atoms with Crippen molar-refractivity contribution in [2.24, 2.45) is 5.41 Å². The van der Waals surface area contributed by atoms with E-state index in [1.807, 2.05) is 36.4 Å². The van der Waals surface area contributed by atoms with Crippen LogP contribution < -0.4 is 15.4 Å². The monoisotopic (exact) mass is 612 g/mol. The molecule has 2 aromatic carbocycles. The number of aromatic nitrogens is 1. The summed E-state index contributed by atoms with van der Waals surface area (Å²) in [6.45, 7) is 11.0. The molecule has 3 aromatic rings. The molecule has 2 N–H and O–H groups in total. The van der Waals surface area contributed by atoms with Crippen molar-refractivity contribution in [2.75, 3.05) is 69.8 Å². The maximum atomic E-state index is 13.8. The molecule has 0 spiro atoms. The Morgan fingerprint density at radius 2 is 1.61 bits per heavy atom. The molecule has 1 aromatic heterocycles. The highest BCUT2D eigenvalue weighted by Gasteiger charge is 2.44. The molecule has 44 heavy (non-hydrogen) atoms. The Balaban J connectivity index is 1.47. The fourth-order valence-electron chi connectivity index (χ4n) is 6.04. The summed E-state index contributed by atoms with van der Waals surface area (Å²) in [5.41, 5.74) is 2.14. The van der Waals surface area contributed by atoms with Crippen LogP contribution in [0.4, 0.5) is 24.5 Å². The number of anilines is 2. The minimum atomic E-state index is -4.39. The van der Waals surface area contributed by atoms with Gasteiger partial charge in [0.2, 0.25) is 0 Å². The van der Waals surface area contributed by atoms with Crippen molar-refractivity contribution >= 4 is 22.3 Å². The molecule has 0 unspecified atom stereocenters. The second kappa shape index (κ2) is 13.7. The number of fused-ring (bicyclic) bond motifs is 12. The second-order valence-corrected chi connectivity index (χ2v) is 12.5. The van der Waals surface area contributed by atoms with E-state index in [1.54, 1.807) is 12.1 Å². The summed E-state index contributed by atoms with van der Waals surface area (Å²) in [4.78, 5) is 2.41. The van der Waals surface area contributed by atoms with Crippen LogP contribution in [0.25, 0.3) is 10.9 Å². The summed E-state index contributed by atoms with van der Waals surface area (Å²) in [6.07, 6.45) is -2.59. The molecule has 238 valence electrons. The molecular weight excluding hydrogens is 569 g/mol. The lowest BCUT2D eigenvalue weighted by atomic mass is 9.67. The molecule has 0 amide bonds. The molecule has 7 nitrogen and oxygen atoms in total. The van der Waals surface area contributed by atoms with E-state index < -0.39 is 12.7 Å². The molecule has 3 aliphatic rings. The molecule has 0 radical (unpaired) electrons. The van der Waals surface area contributed by atoms with Crippen molar-refractivity contribution in [3.05, 3.63) is 54.2 Å². The minimum Gasteiger partial charge on any atom is -0.491 e. The van der Waals surface area contributed by atoms with E-state index in [9.17, 15) is 13.2 Å². The van der Waals surface area contributed by atoms with Crippen LogP contribution in [0, 0.1) is 17.3 Å². The van der Waals surface area contributed by atoms with Crippen LogP contribution in [0.5, 0.6) is 5.75 Å². The summed E-state index contributed by atoms with van der Waals surface area (Å²) >= 11 is 0. The number of ether oxygens (including phenoxy) is 3. The number of hydrogen-bond acceptors (Lipinski definition) is 6. The van der Waals surface area contributed by atoms with Crippen molar-refractivity contribution in [1.82, 2.24) is 9.47 Å². The van der Waals surface area contributed by atoms with Gasteiger partial charge in [-0.1, -0.05) is 38.8 Å². The number of halogens is 3. The first-order chi connectivity index (χ1) is 21.0. The van der Waals surface area contributed by atoms with Crippen LogP contribution in [0.2, 0.25) is 0 Å². The highest BCUT2D eigenvalue weighted by atomic mass is 19.4. The van der Waals surface area contributed by atoms with E-state index in [4.69, 9.17) is 14.2 Å². The lowest BCUT2D eigenvalue weighted by molar-refractivity contribution is -0.140. The molecule has 3 aliphatic heterocycles. The zero-order chi connectivity index (χ0) is 31.2. The van der Waals surface area contributed by atoms with Crippen molar-refractivity contribution in [2.45, 2.75) is 51.9 Å². The van der Waals surface area contributed by atoms with Crippen molar-refractivity contribution in [3.63, 3.8) is 0 Å². The average Bonchev–Trinajstić information content (AvgIpc) is 3.31. The summed E-state index contributed by atoms with van der Waals surface area (Å²) in [5, 5.41) is 7.82. The Bertz CT molecular complexity index is 1460. The SMILES string of the molecule is CC(C)(C)C12CCN(CCOCCOCCOc3cccc(c3)NCC#Cc3cc4c(cccc4n3CC(F)(F)F)N1)CC2. The zero-order valence-electron chi connectivity index (χ0n) is 25.9. The number of nitrogens with zero attached hydrogens (tertiary/aromatic N) is 2. The van der Waals surface area contributed by atoms with Crippen molar-refractivity contribution < 1.29 is 27.4 Å². The summed E-state index contributed by atoms with van der Waals surface area (Å²) in [5.74, 6) is 6.73. The van der Waals surface area contributed by atoms with Gasteiger partial charge in [-0.3, -0.25) is 0 Å². The van der Waals surface area contributed by atoms with Crippen LogP contribution in [-0.4, -0.2) is 80.4 Å². The van der Waals surface area contributed by atoms with Crippen LogP contribution in [-0.2, 0) is 16.0 Å². The predicted octanol–water partition coefficient (Wildman–Crippen LogP) is 6.39. The Hall–Kier alpha value is -3.39.